The Labute approximate surface area is 153 Å². The average Bonchev–Trinajstić information content (AvgIpc) is 3.00. The van der Waals surface area contributed by atoms with Gasteiger partial charge in [0, 0.05) is 19.4 Å². The van der Waals surface area contributed by atoms with E-state index >= 15 is 0 Å². The molecule has 1 aliphatic heterocycles. The molecule has 0 saturated carbocycles. The molecule has 0 radical (unpaired) electrons. The number of hydrogen-bond acceptors (Lipinski definition) is 4. The van der Waals surface area contributed by atoms with Gasteiger partial charge in [0.1, 0.15) is 0 Å². The van der Waals surface area contributed by atoms with Crippen LogP contribution in [0.1, 0.15) is 55.1 Å². The third-order valence-corrected chi connectivity index (χ3v) is 5.80. The molecule has 1 aliphatic rings. The molecule has 1 fully saturated rings. The second kappa shape index (κ2) is 10.2. The van der Waals surface area contributed by atoms with Gasteiger partial charge in [-0.15, -0.1) is 11.3 Å². The van der Waals surface area contributed by atoms with Gasteiger partial charge in [0.05, 0.1) is 9.21 Å². The Balaban J connectivity index is 1.50. The molecule has 1 amide bonds. The van der Waals surface area contributed by atoms with E-state index < -0.39 is 0 Å². The highest BCUT2D eigenvalue weighted by atomic mass is 35.5. The second-order valence-electron chi connectivity index (χ2n) is 6.61. The van der Waals surface area contributed by atoms with Crippen molar-refractivity contribution in [2.75, 3.05) is 26.2 Å². The number of unbranched alkanes of at least 4 members (excludes halogenated alkanes) is 1. The Hall–Kier alpha value is -0.910. The molecule has 2 heterocycles. The zero-order valence-electron chi connectivity index (χ0n) is 14.4. The molecule has 0 spiro atoms. The van der Waals surface area contributed by atoms with Crippen LogP contribution in [0.4, 0.5) is 0 Å². The number of likely N-dealkylation sites (tertiary alicyclic amines) is 1. The Morgan fingerprint density at radius 1 is 1.25 bits per heavy atom. The van der Waals surface area contributed by atoms with E-state index in [1.54, 1.807) is 12.1 Å². The number of rotatable bonds is 9. The lowest BCUT2D eigenvalue weighted by atomic mass is 9.99. The topological polar surface area (TPSA) is 49.4 Å². The number of nitrogens with zero attached hydrogens (tertiary/aromatic N) is 1. The monoisotopic (exact) mass is 370 g/mol. The number of thiophene rings is 1. The SMILES string of the molecule is CC1CCN(CCCCNC(=O)CCC(=O)c2ccc(Cl)s2)CC1. The lowest BCUT2D eigenvalue weighted by molar-refractivity contribution is -0.121. The van der Waals surface area contributed by atoms with E-state index in [2.05, 4.69) is 17.1 Å². The summed E-state index contributed by atoms with van der Waals surface area (Å²) >= 11 is 7.08. The van der Waals surface area contributed by atoms with Gasteiger partial charge in [-0.2, -0.15) is 0 Å². The van der Waals surface area contributed by atoms with Gasteiger partial charge in [0.15, 0.2) is 5.78 Å². The van der Waals surface area contributed by atoms with Crippen LogP contribution in [-0.2, 0) is 4.79 Å². The number of hydrogen-bond donors (Lipinski definition) is 1. The molecule has 1 N–H and O–H groups in total. The van der Waals surface area contributed by atoms with E-state index in [1.165, 1.54) is 37.3 Å². The van der Waals surface area contributed by atoms with E-state index in [-0.39, 0.29) is 24.5 Å². The van der Waals surface area contributed by atoms with Crippen molar-refractivity contribution >= 4 is 34.6 Å². The van der Waals surface area contributed by atoms with Gasteiger partial charge in [0.25, 0.3) is 0 Å². The van der Waals surface area contributed by atoms with Crippen LogP contribution in [0.5, 0.6) is 0 Å². The Morgan fingerprint density at radius 3 is 2.67 bits per heavy atom. The summed E-state index contributed by atoms with van der Waals surface area (Å²) in [5, 5.41) is 2.91. The summed E-state index contributed by atoms with van der Waals surface area (Å²) in [5.74, 6) is 0.813. The number of halogens is 1. The third kappa shape index (κ3) is 6.91. The average molecular weight is 371 g/mol. The number of carbonyl (C=O) groups excluding carboxylic acids is 2. The molecule has 0 unspecified atom stereocenters. The molecule has 24 heavy (non-hydrogen) atoms. The normalized spacial score (nSPS) is 16.2. The Morgan fingerprint density at radius 2 is 2.00 bits per heavy atom. The van der Waals surface area contributed by atoms with Gasteiger partial charge in [-0.1, -0.05) is 18.5 Å². The van der Waals surface area contributed by atoms with Crippen molar-refractivity contribution in [2.45, 2.75) is 45.4 Å². The molecule has 6 heteroatoms. The molecule has 0 bridgehead atoms. The van der Waals surface area contributed by atoms with E-state index in [4.69, 9.17) is 11.6 Å². The number of piperidine rings is 1. The number of Topliss-reactive ketones (excluding diaryl/α,β-unsaturated/α-hetero) is 1. The Kier molecular flexibility index (Phi) is 8.22. The van der Waals surface area contributed by atoms with Gasteiger partial charge < -0.3 is 10.2 Å². The fraction of sp³-hybridized carbons (Fsp3) is 0.667. The van der Waals surface area contributed by atoms with Crippen LogP contribution >= 0.6 is 22.9 Å². The molecular formula is C18H27ClN2O2S. The van der Waals surface area contributed by atoms with Crippen LogP contribution in [0.25, 0.3) is 0 Å². The zero-order valence-corrected chi connectivity index (χ0v) is 15.9. The second-order valence-corrected chi connectivity index (χ2v) is 8.32. The molecule has 1 saturated heterocycles. The predicted molar refractivity (Wildman–Crippen MR) is 100.0 cm³/mol. The summed E-state index contributed by atoms with van der Waals surface area (Å²) in [6.07, 6.45) is 5.21. The quantitative estimate of drug-likeness (QED) is 0.528. The lowest BCUT2D eigenvalue weighted by Gasteiger charge is -2.30. The molecule has 4 nitrogen and oxygen atoms in total. The van der Waals surface area contributed by atoms with Crippen LogP contribution in [-0.4, -0.2) is 42.8 Å². The number of amides is 1. The summed E-state index contributed by atoms with van der Waals surface area (Å²) in [4.78, 5) is 26.8. The van der Waals surface area contributed by atoms with Crippen LogP contribution in [0.3, 0.4) is 0 Å². The van der Waals surface area contributed by atoms with Crippen molar-refractivity contribution < 1.29 is 9.59 Å². The maximum absolute atomic E-state index is 11.9. The van der Waals surface area contributed by atoms with Gasteiger partial charge >= 0.3 is 0 Å². The summed E-state index contributed by atoms with van der Waals surface area (Å²) < 4.78 is 0.603. The standard InChI is InChI=1S/C18H27ClN2O2S/c1-14-8-12-21(13-9-14)11-3-2-10-20-18(23)7-4-15(22)16-5-6-17(19)24-16/h5-6,14H,2-4,7-13H2,1H3,(H,20,23). The minimum Gasteiger partial charge on any atom is -0.356 e. The van der Waals surface area contributed by atoms with E-state index in [9.17, 15) is 9.59 Å². The smallest absolute Gasteiger partial charge is 0.220 e. The van der Waals surface area contributed by atoms with Gasteiger partial charge in [0.2, 0.25) is 5.91 Å². The van der Waals surface area contributed by atoms with E-state index in [0.29, 0.717) is 15.8 Å². The first-order valence-corrected chi connectivity index (χ1v) is 10.0. The molecular weight excluding hydrogens is 344 g/mol. The number of nitrogens with one attached hydrogen (secondary N) is 1. The summed E-state index contributed by atoms with van der Waals surface area (Å²) in [6, 6.07) is 3.43. The van der Waals surface area contributed by atoms with Crippen molar-refractivity contribution in [1.29, 1.82) is 0 Å². The minimum atomic E-state index is -0.0437. The maximum atomic E-state index is 11.9. The first kappa shape index (κ1) is 19.4. The van der Waals surface area contributed by atoms with E-state index in [1.807, 2.05) is 0 Å². The van der Waals surface area contributed by atoms with Crippen molar-refractivity contribution in [2.24, 2.45) is 5.92 Å². The molecule has 134 valence electrons. The minimum absolute atomic E-state index is 0.0126. The highest BCUT2D eigenvalue weighted by Crippen LogP contribution is 2.22. The van der Waals surface area contributed by atoms with E-state index in [0.717, 1.165) is 25.3 Å². The van der Waals surface area contributed by atoms with Gasteiger partial charge in [-0.05, 0) is 63.4 Å². The molecule has 2 rings (SSSR count). The fourth-order valence-electron chi connectivity index (χ4n) is 2.88. The molecule has 1 aromatic heterocycles. The molecule has 1 aromatic rings. The summed E-state index contributed by atoms with van der Waals surface area (Å²) in [5.41, 5.74) is 0. The summed E-state index contributed by atoms with van der Waals surface area (Å²) in [7, 11) is 0. The third-order valence-electron chi connectivity index (χ3n) is 4.53. The fourth-order valence-corrected chi connectivity index (χ4v) is 3.89. The first-order valence-electron chi connectivity index (χ1n) is 8.82. The molecule has 0 aromatic carbocycles. The van der Waals surface area contributed by atoms with Crippen molar-refractivity contribution in [3.8, 4) is 0 Å². The van der Waals surface area contributed by atoms with Gasteiger partial charge in [-0.3, -0.25) is 9.59 Å². The van der Waals surface area contributed by atoms with Crippen LogP contribution in [0.2, 0.25) is 4.34 Å². The van der Waals surface area contributed by atoms with Crippen molar-refractivity contribution in [1.82, 2.24) is 10.2 Å². The predicted octanol–water partition coefficient (Wildman–Crippen LogP) is 3.99. The van der Waals surface area contributed by atoms with Crippen LogP contribution in [0.15, 0.2) is 12.1 Å². The molecule has 0 aliphatic carbocycles. The highest BCUT2D eigenvalue weighted by Gasteiger charge is 2.15. The van der Waals surface area contributed by atoms with Crippen LogP contribution < -0.4 is 5.32 Å². The maximum Gasteiger partial charge on any atom is 0.220 e. The van der Waals surface area contributed by atoms with Crippen molar-refractivity contribution in [3.05, 3.63) is 21.3 Å². The van der Waals surface area contributed by atoms with Gasteiger partial charge in [-0.25, -0.2) is 0 Å². The highest BCUT2D eigenvalue weighted by molar-refractivity contribution is 7.18. The summed E-state index contributed by atoms with van der Waals surface area (Å²) in [6.45, 7) is 6.57. The first-order chi connectivity index (χ1) is 11.5. The largest absolute Gasteiger partial charge is 0.356 e. The lowest BCUT2D eigenvalue weighted by Crippen LogP contribution is -2.34. The molecule has 0 atom stereocenters. The van der Waals surface area contributed by atoms with Crippen molar-refractivity contribution in [3.63, 3.8) is 0 Å². The van der Waals surface area contributed by atoms with Crippen LogP contribution in [0, 0.1) is 5.92 Å². The number of carbonyl (C=O) groups is 2. The Bertz CT molecular complexity index is 539. The number of ketones is 1. The zero-order chi connectivity index (χ0) is 17.4.